The van der Waals surface area contributed by atoms with Crippen LogP contribution in [0.2, 0.25) is 0 Å². The summed E-state index contributed by atoms with van der Waals surface area (Å²) in [5.74, 6) is 0. The van der Waals surface area contributed by atoms with Gasteiger partial charge in [-0.1, -0.05) is 17.7 Å². The molecule has 0 fully saturated rings. The Hall–Kier alpha value is -1.35. The van der Waals surface area contributed by atoms with Gasteiger partial charge in [0.15, 0.2) is 5.50 Å². The van der Waals surface area contributed by atoms with Gasteiger partial charge < -0.3 is 0 Å². The SMILES string of the molecule is ClC(c1ccccn1)n1cccn1. The van der Waals surface area contributed by atoms with Gasteiger partial charge in [0.25, 0.3) is 0 Å². The Morgan fingerprint density at radius 1 is 1.23 bits per heavy atom. The van der Waals surface area contributed by atoms with Crippen molar-refractivity contribution in [2.24, 2.45) is 0 Å². The molecule has 3 nitrogen and oxygen atoms in total. The molecule has 0 N–H and O–H groups in total. The summed E-state index contributed by atoms with van der Waals surface area (Å²) in [7, 11) is 0. The summed E-state index contributed by atoms with van der Waals surface area (Å²) in [4.78, 5) is 4.14. The van der Waals surface area contributed by atoms with Crippen LogP contribution in [0.5, 0.6) is 0 Å². The monoisotopic (exact) mass is 193 g/mol. The predicted octanol–water partition coefficient (Wildman–Crippen LogP) is 2.06. The smallest absolute Gasteiger partial charge is 0.167 e. The van der Waals surface area contributed by atoms with Crippen molar-refractivity contribution >= 4 is 11.6 Å². The number of aromatic nitrogens is 3. The third-order valence-corrected chi connectivity index (χ3v) is 2.11. The first kappa shape index (κ1) is 8.26. The molecule has 0 aliphatic rings. The number of rotatable bonds is 2. The summed E-state index contributed by atoms with van der Waals surface area (Å²) < 4.78 is 1.66. The molecule has 0 radical (unpaired) electrons. The fraction of sp³-hybridized carbons (Fsp3) is 0.111. The lowest BCUT2D eigenvalue weighted by molar-refractivity contribution is 0.648. The number of nitrogens with zero attached hydrogens (tertiary/aromatic N) is 3. The molecule has 2 aromatic rings. The second kappa shape index (κ2) is 3.58. The molecule has 1 unspecified atom stereocenters. The van der Waals surface area contributed by atoms with Gasteiger partial charge in [-0.25, -0.2) is 4.68 Å². The van der Waals surface area contributed by atoms with Gasteiger partial charge in [-0.2, -0.15) is 5.10 Å². The minimum atomic E-state index is -0.323. The minimum Gasteiger partial charge on any atom is -0.258 e. The van der Waals surface area contributed by atoms with Gasteiger partial charge in [0.2, 0.25) is 0 Å². The zero-order chi connectivity index (χ0) is 9.10. The lowest BCUT2D eigenvalue weighted by Crippen LogP contribution is -2.05. The van der Waals surface area contributed by atoms with Crippen LogP contribution in [0.15, 0.2) is 42.9 Å². The van der Waals surface area contributed by atoms with Crippen LogP contribution in [0.4, 0.5) is 0 Å². The Labute approximate surface area is 81.0 Å². The lowest BCUT2D eigenvalue weighted by Gasteiger charge is -2.08. The average molecular weight is 194 g/mol. The van der Waals surface area contributed by atoms with Gasteiger partial charge in [0, 0.05) is 18.6 Å². The van der Waals surface area contributed by atoms with E-state index in [9.17, 15) is 0 Å². The highest BCUT2D eigenvalue weighted by Gasteiger charge is 2.09. The maximum Gasteiger partial charge on any atom is 0.167 e. The number of hydrogen-bond donors (Lipinski definition) is 0. The average Bonchev–Trinajstić information content (AvgIpc) is 2.71. The zero-order valence-corrected chi connectivity index (χ0v) is 7.59. The third kappa shape index (κ3) is 1.70. The Morgan fingerprint density at radius 2 is 2.15 bits per heavy atom. The van der Waals surface area contributed by atoms with E-state index in [1.54, 1.807) is 17.1 Å². The van der Waals surface area contributed by atoms with Crippen molar-refractivity contribution in [1.82, 2.24) is 14.8 Å². The summed E-state index contributed by atoms with van der Waals surface area (Å²) in [5.41, 5.74) is 0.476. The molecule has 0 saturated heterocycles. The first-order valence-corrected chi connectivity index (χ1v) is 4.36. The van der Waals surface area contributed by atoms with Crippen LogP contribution >= 0.6 is 11.6 Å². The summed E-state index contributed by atoms with van der Waals surface area (Å²) >= 11 is 6.11. The summed E-state index contributed by atoms with van der Waals surface area (Å²) in [6.45, 7) is 0. The van der Waals surface area contributed by atoms with Crippen molar-refractivity contribution in [3.8, 4) is 0 Å². The number of alkyl halides is 1. The summed E-state index contributed by atoms with van der Waals surface area (Å²) in [5, 5.41) is 4.04. The molecule has 13 heavy (non-hydrogen) atoms. The summed E-state index contributed by atoms with van der Waals surface area (Å²) in [6, 6.07) is 7.47. The molecule has 2 rings (SSSR count). The maximum atomic E-state index is 6.11. The van der Waals surface area contributed by atoms with Crippen LogP contribution in [0.1, 0.15) is 11.2 Å². The molecular weight excluding hydrogens is 186 g/mol. The predicted molar refractivity (Wildman–Crippen MR) is 50.5 cm³/mol. The second-order valence-corrected chi connectivity index (χ2v) is 2.99. The van der Waals surface area contributed by atoms with Crippen molar-refractivity contribution in [3.05, 3.63) is 48.5 Å². The molecule has 0 aromatic carbocycles. The van der Waals surface area contributed by atoms with E-state index in [-0.39, 0.29) is 5.50 Å². The number of pyridine rings is 1. The highest BCUT2D eigenvalue weighted by molar-refractivity contribution is 6.20. The largest absolute Gasteiger partial charge is 0.258 e. The van der Waals surface area contributed by atoms with Crippen LogP contribution in [0.25, 0.3) is 0 Å². The maximum absolute atomic E-state index is 6.11. The first-order chi connectivity index (χ1) is 6.38. The summed E-state index contributed by atoms with van der Waals surface area (Å²) in [6.07, 6.45) is 5.22. The van der Waals surface area contributed by atoms with Gasteiger partial charge in [-0.15, -0.1) is 0 Å². The van der Waals surface area contributed by atoms with Crippen LogP contribution in [0, 0.1) is 0 Å². The minimum absolute atomic E-state index is 0.323. The van der Waals surface area contributed by atoms with E-state index in [0.717, 1.165) is 5.69 Å². The van der Waals surface area contributed by atoms with Gasteiger partial charge in [0.1, 0.15) is 0 Å². The fourth-order valence-corrected chi connectivity index (χ4v) is 1.31. The van der Waals surface area contributed by atoms with Crippen LogP contribution in [-0.2, 0) is 0 Å². The van der Waals surface area contributed by atoms with E-state index in [4.69, 9.17) is 11.6 Å². The quantitative estimate of drug-likeness (QED) is 0.684. The van der Waals surface area contributed by atoms with Crippen LogP contribution in [-0.4, -0.2) is 14.8 Å². The van der Waals surface area contributed by atoms with Crippen molar-refractivity contribution in [2.45, 2.75) is 5.50 Å². The normalized spacial score (nSPS) is 12.7. The Bertz CT molecular complexity index is 358. The van der Waals surface area contributed by atoms with Gasteiger partial charge in [0.05, 0.1) is 5.69 Å². The van der Waals surface area contributed by atoms with E-state index >= 15 is 0 Å². The van der Waals surface area contributed by atoms with Crippen molar-refractivity contribution < 1.29 is 0 Å². The highest BCUT2D eigenvalue weighted by atomic mass is 35.5. The Balaban J connectivity index is 2.29. The van der Waals surface area contributed by atoms with Gasteiger partial charge >= 0.3 is 0 Å². The van der Waals surface area contributed by atoms with E-state index in [1.165, 1.54) is 0 Å². The van der Waals surface area contributed by atoms with Crippen molar-refractivity contribution in [3.63, 3.8) is 0 Å². The molecule has 0 aliphatic carbocycles. The van der Waals surface area contributed by atoms with Gasteiger partial charge in [-0.05, 0) is 18.2 Å². The van der Waals surface area contributed by atoms with E-state index in [0.29, 0.717) is 0 Å². The molecule has 0 bridgehead atoms. The molecule has 1 atom stereocenters. The molecule has 4 heteroatoms. The third-order valence-electron chi connectivity index (χ3n) is 1.69. The fourth-order valence-electron chi connectivity index (χ4n) is 1.07. The number of halogens is 1. The van der Waals surface area contributed by atoms with Crippen molar-refractivity contribution in [2.75, 3.05) is 0 Å². The lowest BCUT2D eigenvalue weighted by atomic mass is 10.3. The standard InChI is InChI=1S/C9H8ClN3/c10-9(13-7-3-6-12-13)8-4-1-2-5-11-8/h1-7,9H. The molecule has 0 saturated carbocycles. The van der Waals surface area contributed by atoms with Gasteiger partial charge in [-0.3, -0.25) is 4.98 Å². The number of hydrogen-bond acceptors (Lipinski definition) is 2. The van der Waals surface area contributed by atoms with E-state index in [1.807, 2.05) is 30.5 Å². The zero-order valence-electron chi connectivity index (χ0n) is 6.84. The topological polar surface area (TPSA) is 30.7 Å². The highest BCUT2D eigenvalue weighted by Crippen LogP contribution is 2.18. The van der Waals surface area contributed by atoms with Crippen LogP contribution in [0.3, 0.4) is 0 Å². The first-order valence-electron chi connectivity index (χ1n) is 3.92. The molecular formula is C9H8ClN3. The molecule has 0 amide bonds. The molecule has 0 spiro atoms. The molecule has 0 aliphatic heterocycles. The second-order valence-electron chi connectivity index (χ2n) is 2.58. The molecule has 2 heterocycles. The Kier molecular flexibility index (Phi) is 2.27. The molecule has 2 aromatic heterocycles. The van der Waals surface area contributed by atoms with E-state index in [2.05, 4.69) is 10.1 Å². The Morgan fingerprint density at radius 3 is 2.77 bits per heavy atom. The van der Waals surface area contributed by atoms with E-state index < -0.39 is 0 Å². The molecule has 66 valence electrons. The van der Waals surface area contributed by atoms with Crippen LogP contribution < -0.4 is 0 Å². The van der Waals surface area contributed by atoms with Crippen molar-refractivity contribution in [1.29, 1.82) is 0 Å².